The topological polar surface area (TPSA) is 18.5 Å². The van der Waals surface area contributed by atoms with Crippen molar-refractivity contribution in [2.24, 2.45) is 0 Å². The minimum Gasteiger partial charge on any atom is -0.465 e. The van der Waals surface area contributed by atoms with Crippen molar-refractivity contribution in [2.45, 2.75) is 27.1 Å². The zero-order chi connectivity index (χ0) is 11.3. The maximum Gasteiger partial charge on any atom is 0.196 e. The molecule has 15 heavy (non-hydrogen) atoms. The van der Waals surface area contributed by atoms with Crippen molar-refractivity contribution in [3.8, 4) is 5.75 Å². The Labute approximate surface area is 91.5 Å². The van der Waals surface area contributed by atoms with Crippen molar-refractivity contribution in [1.29, 1.82) is 0 Å². The van der Waals surface area contributed by atoms with Gasteiger partial charge in [0, 0.05) is 6.61 Å². The molecule has 2 heteroatoms. The number of hydrogen-bond donors (Lipinski definition) is 0. The Bertz CT molecular complexity index is 331. The highest BCUT2D eigenvalue weighted by atomic mass is 16.7. The zero-order valence-corrected chi connectivity index (χ0v) is 9.62. The molecule has 1 rings (SSSR count). The van der Waals surface area contributed by atoms with Crippen molar-refractivity contribution >= 4 is 6.08 Å². The van der Waals surface area contributed by atoms with E-state index in [0.29, 0.717) is 6.61 Å². The predicted octanol–water partition coefficient (Wildman–Crippen LogP) is 3.40. The molecule has 2 nitrogen and oxygen atoms in total. The van der Waals surface area contributed by atoms with E-state index in [9.17, 15) is 0 Å². The van der Waals surface area contributed by atoms with Gasteiger partial charge >= 0.3 is 0 Å². The van der Waals surface area contributed by atoms with E-state index in [4.69, 9.17) is 9.47 Å². The maximum atomic E-state index is 5.63. The van der Waals surface area contributed by atoms with Crippen LogP contribution in [0.2, 0.25) is 0 Å². The standard InChI is InChI=1S/C13H18O2/c1-5-12-7-8-13(10(3)9-12)15-11(4)14-6-2/h5,7-9,11H,1,6H2,2-4H3. The summed E-state index contributed by atoms with van der Waals surface area (Å²) in [6, 6.07) is 5.97. The van der Waals surface area contributed by atoms with Crippen LogP contribution in [0.25, 0.3) is 6.08 Å². The van der Waals surface area contributed by atoms with E-state index >= 15 is 0 Å². The minimum atomic E-state index is -0.205. The van der Waals surface area contributed by atoms with Crippen LogP contribution in [0.4, 0.5) is 0 Å². The van der Waals surface area contributed by atoms with Crippen molar-refractivity contribution in [1.82, 2.24) is 0 Å². The average Bonchev–Trinajstić information content (AvgIpc) is 2.21. The molecule has 0 amide bonds. The first kappa shape index (κ1) is 11.8. The summed E-state index contributed by atoms with van der Waals surface area (Å²) in [7, 11) is 0. The van der Waals surface area contributed by atoms with Crippen LogP contribution in [-0.2, 0) is 4.74 Å². The van der Waals surface area contributed by atoms with Gasteiger partial charge in [0.1, 0.15) is 5.75 Å². The van der Waals surface area contributed by atoms with Gasteiger partial charge in [-0.05, 0) is 44.0 Å². The molecule has 0 saturated carbocycles. The van der Waals surface area contributed by atoms with E-state index in [1.165, 1.54) is 0 Å². The molecule has 0 N–H and O–H groups in total. The molecule has 0 aliphatic heterocycles. The van der Waals surface area contributed by atoms with Crippen LogP contribution in [0, 0.1) is 6.92 Å². The van der Waals surface area contributed by atoms with E-state index in [1.807, 2.05) is 45.0 Å². The van der Waals surface area contributed by atoms with Crippen LogP contribution in [0.5, 0.6) is 5.75 Å². The Kier molecular flexibility index (Phi) is 4.37. The highest BCUT2D eigenvalue weighted by molar-refractivity contribution is 5.51. The summed E-state index contributed by atoms with van der Waals surface area (Å²) in [5, 5.41) is 0. The molecule has 0 bridgehead atoms. The SMILES string of the molecule is C=Cc1ccc(OC(C)OCC)c(C)c1. The van der Waals surface area contributed by atoms with Gasteiger partial charge in [0.2, 0.25) is 0 Å². The lowest BCUT2D eigenvalue weighted by Gasteiger charge is -2.16. The van der Waals surface area contributed by atoms with Crippen LogP contribution in [0.15, 0.2) is 24.8 Å². The van der Waals surface area contributed by atoms with E-state index in [0.717, 1.165) is 16.9 Å². The number of hydrogen-bond acceptors (Lipinski definition) is 2. The fourth-order valence-corrected chi connectivity index (χ4v) is 1.38. The van der Waals surface area contributed by atoms with Gasteiger partial charge in [0.25, 0.3) is 0 Å². The third kappa shape index (κ3) is 3.40. The third-order valence-corrected chi connectivity index (χ3v) is 2.13. The molecular weight excluding hydrogens is 188 g/mol. The normalized spacial score (nSPS) is 12.2. The third-order valence-electron chi connectivity index (χ3n) is 2.13. The second kappa shape index (κ2) is 5.56. The van der Waals surface area contributed by atoms with Gasteiger partial charge in [-0.1, -0.05) is 18.7 Å². The Hall–Kier alpha value is -1.28. The van der Waals surface area contributed by atoms with Crippen LogP contribution in [-0.4, -0.2) is 12.9 Å². The molecule has 82 valence electrons. The van der Waals surface area contributed by atoms with E-state index in [-0.39, 0.29) is 6.29 Å². The summed E-state index contributed by atoms with van der Waals surface area (Å²) in [4.78, 5) is 0. The highest BCUT2D eigenvalue weighted by Gasteiger charge is 2.05. The molecule has 1 unspecified atom stereocenters. The Morgan fingerprint density at radius 2 is 2.20 bits per heavy atom. The molecular formula is C13H18O2. The summed E-state index contributed by atoms with van der Waals surface area (Å²) < 4.78 is 10.9. The van der Waals surface area contributed by atoms with Crippen LogP contribution in [0.3, 0.4) is 0 Å². The quantitative estimate of drug-likeness (QED) is 0.687. The largest absolute Gasteiger partial charge is 0.465 e. The van der Waals surface area contributed by atoms with Gasteiger partial charge in [0.15, 0.2) is 6.29 Å². The van der Waals surface area contributed by atoms with E-state index in [1.54, 1.807) is 0 Å². The smallest absolute Gasteiger partial charge is 0.196 e. The first-order valence-corrected chi connectivity index (χ1v) is 5.18. The summed E-state index contributed by atoms with van der Waals surface area (Å²) in [5.74, 6) is 0.863. The number of ether oxygens (including phenoxy) is 2. The van der Waals surface area contributed by atoms with Crippen molar-refractivity contribution < 1.29 is 9.47 Å². The fourth-order valence-electron chi connectivity index (χ4n) is 1.38. The van der Waals surface area contributed by atoms with E-state index in [2.05, 4.69) is 6.58 Å². The number of aryl methyl sites for hydroxylation is 1. The Balaban J connectivity index is 2.73. The summed E-state index contributed by atoms with van der Waals surface area (Å²) in [6.45, 7) is 10.2. The van der Waals surface area contributed by atoms with Crippen molar-refractivity contribution in [3.63, 3.8) is 0 Å². The molecule has 0 radical (unpaired) electrons. The molecule has 0 spiro atoms. The van der Waals surface area contributed by atoms with Crippen LogP contribution >= 0.6 is 0 Å². The van der Waals surface area contributed by atoms with Crippen LogP contribution in [0.1, 0.15) is 25.0 Å². The number of rotatable bonds is 5. The van der Waals surface area contributed by atoms with Crippen molar-refractivity contribution in [3.05, 3.63) is 35.9 Å². The van der Waals surface area contributed by atoms with Gasteiger partial charge in [-0.15, -0.1) is 0 Å². The Morgan fingerprint density at radius 1 is 1.47 bits per heavy atom. The molecule has 0 aliphatic carbocycles. The summed E-state index contributed by atoms with van der Waals surface area (Å²) in [5.41, 5.74) is 2.20. The summed E-state index contributed by atoms with van der Waals surface area (Å²) >= 11 is 0. The predicted molar refractivity (Wildman–Crippen MR) is 63.0 cm³/mol. The fraction of sp³-hybridized carbons (Fsp3) is 0.385. The summed E-state index contributed by atoms with van der Waals surface area (Å²) in [6.07, 6.45) is 1.62. The average molecular weight is 206 g/mol. The van der Waals surface area contributed by atoms with Gasteiger partial charge in [-0.2, -0.15) is 0 Å². The molecule has 1 atom stereocenters. The minimum absolute atomic E-state index is 0.205. The molecule has 0 aliphatic rings. The lowest BCUT2D eigenvalue weighted by atomic mass is 10.1. The molecule has 1 aromatic carbocycles. The Morgan fingerprint density at radius 3 is 2.73 bits per heavy atom. The highest BCUT2D eigenvalue weighted by Crippen LogP contribution is 2.21. The lowest BCUT2D eigenvalue weighted by molar-refractivity contribution is -0.0616. The number of benzene rings is 1. The zero-order valence-electron chi connectivity index (χ0n) is 9.62. The first-order valence-electron chi connectivity index (χ1n) is 5.18. The molecule has 0 aromatic heterocycles. The van der Waals surface area contributed by atoms with Crippen LogP contribution < -0.4 is 4.74 Å². The monoisotopic (exact) mass is 206 g/mol. The second-order valence-electron chi connectivity index (χ2n) is 3.37. The molecule has 0 fully saturated rings. The first-order chi connectivity index (χ1) is 7.17. The van der Waals surface area contributed by atoms with Gasteiger partial charge < -0.3 is 9.47 Å². The molecule has 0 saturated heterocycles. The second-order valence-corrected chi connectivity index (χ2v) is 3.37. The molecule has 1 aromatic rings. The molecule has 0 heterocycles. The van der Waals surface area contributed by atoms with E-state index < -0.39 is 0 Å². The van der Waals surface area contributed by atoms with Gasteiger partial charge in [0.05, 0.1) is 0 Å². The van der Waals surface area contributed by atoms with Gasteiger partial charge in [-0.3, -0.25) is 0 Å². The van der Waals surface area contributed by atoms with Gasteiger partial charge in [-0.25, -0.2) is 0 Å². The lowest BCUT2D eigenvalue weighted by Crippen LogP contribution is -2.16. The van der Waals surface area contributed by atoms with Crippen molar-refractivity contribution in [2.75, 3.05) is 6.61 Å². The maximum absolute atomic E-state index is 5.63.